The molecule has 1 aliphatic carbocycles. The van der Waals surface area contributed by atoms with E-state index in [1.165, 1.54) is 0 Å². The number of ether oxygens (including phenoxy) is 1. The monoisotopic (exact) mass is 395 g/mol. The van der Waals surface area contributed by atoms with Crippen LogP contribution in [-0.4, -0.2) is 51.9 Å². The SMILES string of the molecule is O=C(CC1(O)CCCCC1)N1CCCC(O)(COc2cccc(Cl)c2)CC1. The van der Waals surface area contributed by atoms with E-state index in [4.69, 9.17) is 16.3 Å². The van der Waals surface area contributed by atoms with Crippen molar-refractivity contribution in [1.29, 1.82) is 0 Å². The predicted octanol–water partition coefficient (Wildman–Crippen LogP) is 3.55. The Kier molecular flexibility index (Phi) is 6.66. The summed E-state index contributed by atoms with van der Waals surface area (Å²) in [5, 5.41) is 22.2. The molecule has 1 saturated carbocycles. The predicted molar refractivity (Wildman–Crippen MR) is 105 cm³/mol. The Bertz CT molecular complexity index is 647. The van der Waals surface area contributed by atoms with Gasteiger partial charge >= 0.3 is 0 Å². The fraction of sp³-hybridized carbons (Fsp3) is 0.667. The lowest BCUT2D eigenvalue weighted by molar-refractivity contribution is -0.138. The molecule has 0 aromatic heterocycles. The molecule has 3 rings (SSSR count). The number of nitrogens with zero attached hydrogens (tertiary/aromatic N) is 1. The highest BCUT2D eigenvalue weighted by molar-refractivity contribution is 6.30. The van der Waals surface area contributed by atoms with Gasteiger partial charge in [-0.05, 0) is 50.3 Å². The van der Waals surface area contributed by atoms with Crippen LogP contribution in [0, 0.1) is 0 Å². The van der Waals surface area contributed by atoms with Crippen LogP contribution in [-0.2, 0) is 4.79 Å². The molecule has 1 heterocycles. The van der Waals surface area contributed by atoms with Crippen LogP contribution in [0.4, 0.5) is 0 Å². The van der Waals surface area contributed by atoms with Gasteiger partial charge < -0.3 is 19.8 Å². The number of likely N-dealkylation sites (tertiary alicyclic amines) is 1. The summed E-state index contributed by atoms with van der Waals surface area (Å²) in [5.74, 6) is 0.632. The molecule has 2 N–H and O–H groups in total. The Balaban J connectivity index is 1.52. The maximum Gasteiger partial charge on any atom is 0.225 e. The molecule has 1 aromatic carbocycles. The first-order chi connectivity index (χ1) is 12.9. The van der Waals surface area contributed by atoms with E-state index in [0.29, 0.717) is 49.5 Å². The van der Waals surface area contributed by atoms with E-state index in [1.54, 1.807) is 17.0 Å². The van der Waals surface area contributed by atoms with Crippen molar-refractivity contribution in [2.45, 2.75) is 69.0 Å². The van der Waals surface area contributed by atoms with E-state index in [1.807, 2.05) is 12.1 Å². The van der Waals surface area contributed by atoms with Gasteiger partial charge in [0.25, 0.3) is 0 Å². The van der Waals surface area contributed by atoms with Crippen molar-refractivity contribution in [2.75, 3.05) is 19.7 Å². The number of benzene rings is 1. The largest absolute Gasteiger partial charge is 0.491 e. The number of amides is 1. The summed E-state index contributed by atoms with van der Waals surface area (Å²) < 4.78 is 5.74. The smallest absolute Gasteiger partial charge is 0.225 e. The van der Waals surface area contributed by atoms with E-state index in [9.17, 15) is 15.0 Å². The van der Waals surface area contributed by atoms with Gasteiger partial charge in [0.2, 0.25) is 5.91 Å². The zero-order valence-electron chi connectivity index (χ0n) is 15.8. The zero-order chi connectivity index (χ0) is 19.3. The van der Waals surface area contributed by atoms with Crippen LogP contribution in [0.15, 0.2) is 24.3 Å². The van der Waals surface area contributed by atoms with Crippen molar-refractivity contribution in [3.63, 3.8) is 0 Å². The van der Waals surface area contributed by atoms with Gasteiger partial charge in [-0.3, -0.25) is 4.79 Å². The summed E-state index contributed by atoms with van der Waals surface area (Å²) in [6, 6.07) is 7.12. The Morgan fingerprint density at radius 1 is 1.04 bits per heavy atom. The molecule has 1 saturated heterocycles. The molecule has 0 spiro atoms. The average Bonchev–Trinajstić information content (AvgIpc) is 2.83. The molecule has 27 heavy (non-hydrogen) atoms. The topological polar surface area (TPSA) is 70.0 Å². The lowest BCUT2D eigenvalue weighted by atomic mass is 9.82. The fourth-order valence-corrected chi connectivity index (χ4v) is 4.31. The molecule has 5 nitrogen and oxygen atoms in total. The number of carbonyl (C=O) groups excluding carboxylic acids is 1. The van der Waals surface area contributed by atoms with Gasteiger partial charge in [-0.2, -0.15) is 0 Å². The van der Waals surface area contributed by atoms with Gasteiger partial charge in [0.05, 0.1) is 12.0 Å². The first-order valence-corrected chi connectivity index (χ1v) is 10.4. The molecule has 1 aromatic rings. The van der Waals surface area contributed by atoms with Crippen LogP contribution in [0.2, 0.25) is 5.02 Å². The molecule has 1 amide bonds. The van der Waals surface area contributed by atoms with Gasteiger partial charge in [-0.25, -0.2) is 0 Å². The Hall–Kier alpha value is -1.30. The standard InChI is InChI=1S/C21H30ClNO4/c22-17-6-4-7-18(14-17)27-16-21(26)10-5-12-23(13-11-21)19(24)15-20(25)8-2-1-3-9-20/h4,6-7,14,25-26H,1-3,5,8-13,15-16H2. The van der Waals surface area contributed by atoms with Crippen molar-refractivity contribution in [3.8, 4) is 5.75 Å². The normalized spacial score (nSPS) is 25.7. The Morgan fingerprint density at radius 2 is 1.78 bits per heavy atom. The number of halogens is 1. The number of hydrogen-bond acceptors (Lipinski definition) is 4. The quantitative estimate of drug-likeness (QED) is 0.799. The highest BCUT2D eigenvalue weighted by atomic mass is 35.5. The van der Waals surface area contributed by atoms with Crippen molar-refractivity contribution in [1.82, 2.24) is 4.90 Å². The van der Waals surface area contributed by atoms with Gasteiger partial charge in [-0.15, -0.1) is 0 Å². The molecule has 2 aliphatic rings. The van der Waals surface area contributed by atoms with E-state index < -0.39 is 11.2 Å². The summed E-state index contributed by atoms with van der Waals surface area (Å²) in [6.45, 7) is 1.29. The minimum atomic E-state index is -0.959. The van der Waals surface area contributed by atoms with E-state index >= 15 is 0 Å². The molecule has 150 valence electrons. The van der Waals surface area contributed by atoms with Gasteiger partial charge in [-0.1, -0.05) is 36.9 Å². The molecule has 1 aliphatic heterocycles. The third kappa shape index (κ3) is 5.84. The summed E-state index contributed by atoms with van der Waals surface area (Å²) in [7, 11) is 0. The minimum Gasteiger partial charge on any atom is -0.491 e. The lowest BCUT2D eigenvalue weighted by Crippen LogP contribution is -2.42. The first-order valence-electron chi connectivity index (χ1n) is 9.99. The van der Waals surface area contributed by atoms with Gasteiger partial charge in [0.15, 0.2) is 0 Å². The minimum absolute atomic E-state index is 0.000547. The number of carbonyl (C=O) groups is 1. The summed E-state index contributed by atoms with van der Waals surface area (Å²) in [5.41, 5.74) is -1.80. The molecule has 0 radical (unpaired) electrons. The highest BCUT2D eigenvalue weighted by Crippen LogP contribution is 2.32. The van der Waals surface area contributed by atoms with Crippen LogP contribution >= 0.6 is 11.6 Å². The van der Waals surface area contributed by atoms with Crippen LogP contribution < -0.4 is 4.74 Å². The molecule has 2 fully saturated rings. The second-order valence-electron chi connectivity index (χ2n) is 8.17. The fourth-order valence-electron chi connectivity index (χ4n) is 4.13. The van der Waals surface area contributed by atoms with E-state index in [2.05, 4.69) is 0 Å². The van der Waals surface area contributed by atoms with Crippen LogP contribution in [0.1, 0.15) is 57.8 Å². The van der Waals surface area contributed by atoms with Crippen molar-refractivity contribution < 1.29 is 19.7 Å². The third-order valence-corrected chi connectivity index (χ3v) is 6.07. The molecule has 1 unspecified atom stereocenters. The molecule has 0 bridgehead atoms. The van der Waals surface area contributed by atoms with Crippen LogP contribution in [0.25, 0.3) is 0 Å². The first kappa shape index (κ1) is 20.4. The maximum absolute atomic E-state index is 12.7. The number of rotatable bonds is 5. The number of aliphatic hydroxyl groups is 2. The summed E-state index contributed by atoms with van der Waals surface area (Å²) in [6.07, 6.45) is 6.52. The second-order valence-corrected chi connectivity index (χ2v) is 8.60. The van der Waals surface area contributed by atoms with E-state index in [0.717, 1.165) is 25.7 Å². The molecular weight excluding hydrogens is 366 g/mol. The van der Waals surface area contributed by atoms with Gasteiger partial charge in [0.1, 0.15) is 18.0 Å². The molecule has 6 heteroatoms. The summed E-state index contributed by atoms with van der Waals surface area (Å²) in [4.78, 5) is 14.5. The van der Waals surface area contributed by atoms with E-state index in [-0.39, 0.29) is 18.9 Å². The highest BCUT2D eigenvalue weighted by Gasteiger charge is 2.36. The average molecular weight is 396 g/mol. The molecular formula is C21H30ClNO4. The second kappa shape index (κ2) is 8.80. The van der Waals surface area contributed by atoms with Crippen LogP contribution in [0.3, 0.4) is 0 Å². The number of hydrogen-bond donors (Lipinski definition) is 2. The third-order valence-electron chi connectivity index (χ3n) is 5.84. The van der Waals surface area contributed by atoms with Gasteiger partial charge in [0, 0.05) is 18.1 Å². The van der Waals surface area contributed by atoms with Crippen molar-refractivity contribution in [3.05, 3.63) is 29.3 Å². The maximum atomic E-state index is 12.7. The lowest BCUT2D eigenvalue weighted by Gasteiger charge is -2.33. The molecule has 1 atom stereocenters. The Morgan fingerprint density at radius 3 is 2.52 bits per heavy atom. The van der Waals surface area contributed by atoms with Crippen molar-refractivity contribution in [2.24, 2.45) is 0 Å². The Labute approximate surface area is 166 Å². The zero-order valence-corrected chi connectivity index (χ0v) is 16.6. The van der Waals surface area contributed by atoms with Crippen molar-refractivity contribution >= 4 is 17.5 Å². The van der Waals surface area contributed by atoms with Crippen LogP contribution in [0.5, 0.6) is 5.75 Å². The summed E-state index contributed by atoms with van der Waals surface area (Å²) >= 11 is 5.97.